The van der Waals surface area contributed by atoms with Gasteiger partial charge in [-0.15, -0.1) is 0 Å². The zero-order valence-electron chi connectivity index (χ0n) is 23.1. The standard InChI is InChI=1S/C39H19N3O2/c40-20-23-15-24(21-41)17-25(16-23)26-18-31(27-9-5-13-36-38(27)29-7-1-3-11-34(29)43-36)33(22-42)32(19-26)28-10-6-14-37-39(28)30-8-2-4-12-35(30)44-37/h1-19H. The van der Waals surface area contributed by atoms with E-state index in [0.29, 0.717) is 22.3 Å². The predicted molar refractivity (Wildman–Crippen MR) is 171 cm³/mol. The number of hydrogen-bond acceptors (Lipinski definition) is 5. The molecule has 44 heavy (non-hydrogen) atoms. The molecule has 0 aliphatic rings. The maximum Gasteiger partial charge on any atom is 0.136 e. The van der Waals surface area contributed by atoms with Crippen LogP contribution in [0.3, 0.4) is 0 Å². The van der Waals surface area contributed by atoms with Crippen molar-refractivity contribution in [1.82, 2.24) is 0 Å². The third-order valence-electron chi connectivity index (χ3n) is 8.16. The largest absolute Gasteiger partial charge is 0.456 e. The molecule has 0 atom stereocenters. The van der Waals surface area contributed by atoms with E-state index in [9.17, 15) is 15.8 Å². The fourth-order valence-corrected chi connectivity index (χ4v) is 6.28. The minimum atomic E-state index is 0.386. The average molecular weight is 562 g/mol. The second-order valence-electron chi connectivity index (χ2n) is 10.6. The second-order valence-corrected chi connectivity index (χ2v) is 10.6. The van der Waals surface area contributed by atoms with E-state index in [1.807, 2.05) is 97.1 Å². The molecule has 5 heteroatoms. The summed E-state index contributed by atoms with van der Waals surface area (Å²) in [6.45, 7) is 0. The molecule has 8 rings (SSSR count). The normalized spacial score (nSPS) is 11.1. The highest BCUT2D eigenvalue weighted by atomic mass is 16.3. The molecule has 0 aliphatic heterocycles. The maximum atomic E-state index is 10.8. The van der Waals surface area contributed by atoms with Crippen molar-refractivity contribution in [3.05, 3.63) is 132 Å². The van der Waals surface area contributed by atoms with Crippen molar-refractivity contribution in [2.45, 2.75) is 0 Å². The molecule has 0 fully saturated rings. The van der Waals surface area contributed by atoms with E-state index in [4.69, 9.17) is 8.83 Å². The van der Waals surface area contributed by atoms with Crippen molar-refractivity contribution in [2.75, 3.05) is 0 Å². The summed E-state index contributed by atoms with van der Waals surface area (Å²) in [6.07, 6.45) is 0. The molecule has 0 radical (unpaired) electrons. The van der Waals surface area contributed by atoms with Gasteiger partial charge in [0.2, 0.25) is 0 Å². The van der Waals surface area contributed by atoms with E-state index in [0.717, 1.165) is 71.7 Å². The summed E-state index contributed by atoms with van der Waals surface area (Å²) >= 11 is 0. The van der Waals surface area contributed by atoms with E-state index >= 15 is 0 Å². The molecule has 0 amide bonds. The zero-order chi connectivity index (χ0) is 29.8. The molecule has 0 aliphatic carbocycles. The smallest absolute Gasteiger partial charge is 0.136 e. The first-order chi connectivity index (χ1) is 21.7. The van der Waals surface area contributed by atoms with Crippen molar-refractivity contribution >= 4 is 43.9 Å². The lowest BCUT2D eigenvalue weighted by molar-refractivity contribution is 0.668. The van der Waals surface area contributed by atoms with Crippen molar-refractivity contribution in [3.8, 4) is 51.6 Å². The predicted octanol–water partition coefficient (Wildman–Crippen LogP) is 10.1. The van der Waals surface area contributed by atoms with E-state index in [1.54, 1.807) is 18.2 Å². The first kappa shape index (κ1) is 25.1. The highest BCUT2D eigenvalue weighted by Gasteiger charge is 2.22. The fraction of sp³-hybridized carbons (Fsp3) is 0. The van der Waals surface area contributed by atoms with Crippen LogP contribution < -0.4 is 0 Å². The Morgan fingerprint density at radius 1 is 0.409 bits per heavy atom. The molecule has 202 valence electrons. The third-order valence-corrected chi connectivity index (χ3v) is 8.16. The summed E-state index contributed by atoms with van der Waals surface area (Å²) in [6, 6.07) is 43.5. The molecule has 0 spiro atoms. The van der Waals surface area contributed by atoms with E-state index < -0.39 is 0 Å². The Morgan fingerprint density at radius 2 is 0.864 bits per heavy atom. The summed E-state index contributed by atoms with van der Waals surface area (Å²) in [7, 11) is 0. The average Bonchev–Trinajstić information content (AvgIpc) is 3.66. The van der Waals surface area contributed by atoms with Gasteiger partial charge >= 0.3 is 0 Å². The first-order valence-electron chi connectivity index (χ1n) is 14.0. The number of furan rings is 2. The molecule has 5 nitrogen and oxygen atoms in total. The summed E-state index contributed by atoms with van der Waals surface area (Å²) < 4.78 is 12.4. The maximum absolute atomic E-state index is 10.8. The number of nitriles is 3. The van der Waals surface area contributed by atoms with Gasteiger partial charge in [0.05, 0.1) is 28.8 Å². The number of hydrogen-bond donors (Lipinski definition) is 0. The Morgan fingerprint density at radius 3 is 1.34 bits per heavy atom. The van der Waals surface area contributed by atoms with Crippen molar-refractivity contribution in [1.29, 1.82) is 15.8 Å². The Bertz CT molecular complexity index is 2430. The Balaban J connectivity index is 1.53. The van der Waals surface area contributed by atoms with Crippen molar-refractivity contribution in [2.24, 2.45) is 0 Å². The molecule has 0 bridgehead atoms. The van der Waals surface area contributed by atoms with Gasteiger partial charge in [0.1, 0.15) is 28.4 Å². The SMILES string of the molecule is N#Cc1cc(C#N)cc(-c2cc(-c3cccc4oc5ccccc5c34)c(C#N)c(-c3cccc4oc5ccccc5c34)c2)c1. The zero-order valence-corrected chi connectivity index (χ0v) is 23.1. The minimum absolute atomic E-state index is 0.386. The van der Waals surface area contributed by atoms with Gasteiger partial charge in [0.25, 0.3) is 0 Å². The summed E-state index contributed by atoms with van der Waals surface area (Å²) in [4.78, 5) is 0. The third kappa shape index (κ3) is 3.77. The second kappa shape index (κ2) is 9.74. The Hall–Kier alpha value is -6.61. The number of benzene rings is 6. The minimum Gasteiger partial charge on any atom is -0.456 e. The van der Waals surface area contributed by atoms with Crippen LogP contribution in [0, 0.1) is 34.0 Å². The topological polar surface area (TPSA) is 97.6 Å². The highest BCUT2D eigenvalue weighted by Crippen LogP contribution is 2.45. The van der Waals surface area contributed by atoms with Crippen LogP contribution >= 0.6 is 0 Å². The lowest BCUT2D eigenvalue weighted by atomic mass is 9.85. The highest BCUT2D eigenvalue weighted by molar-refractivity contribution is 6.16. The first-order valence-corrected chi connectivity index (χ1v) is 14.0. The Labute approximate surface area is 251 Å². The molecule has 0 saturated carbocycles. The number of rotatable bonds is 3. The van der Waals surface area contributed by atoms with Gasteiger partial charge in [-0.3, -0.25) is 0 Å². The van der Waals surface area contributed by atoms with Crippen molar-refractivity contribution in [3.63, 3.8) is 0 Å². The molecule has 2 aromatic heterocycles. The van der Waals surface area contributed by atoms with Gasteiger partial charge in [-0.05, 0) is 76.9 Å². The van der Waals surface area contributed by atoms with Crippen LogP contribution in [0.4, 0.5) is 0 Å². The Kier molecular flexibility index (Phi) is 5.56. The molecule has 0 N–H and O–H groups in total. The van der Waals surface area contributed by atoms with Gasteiger partial charge in [-0.25, -0.2) is 0 Å². The molecule has 2 heterocycles. The van der Waals surface area contributed by atoms with E-state index in [-0.39, 0.29) is 0 Å². The quantitative estimate of drug-likeness (QED) is 0.214. The van der Waals surface area contributed by atoms with E-state index in [1.165, 1.54) is 0 Å². The number of fused-ring (bicyclic) bond motifs is 6. The molecule has 0 saturated heterocycles. The summed E-state index contributed by atoms with van der Waals surface area (Å²) in [5, 5.41) is 34.1. The van der Waals surface area contributed by atoms with Crippen LogP contribution in [0.15, 0.2) is 124 Å². The van der Waals surface area contributed by atoms with Gasteiger partial charge < -0.3 is 8.83 Å². The summed E-state index contributed by atoms with van der Waals surface area (Å²) in [5.41, 5.74) is 8.89. The fourth-order valence-electron chi connectivity index (χ4n) is 6.28. The van der Waals surface area contributed by atoms with Crippen molar-refractivity contribution < 1.29 is 8.83 Å². The van der Waals surface area contributed by atoms with Crippen LogP contribution in [-0.2, 0) is 0 Å². The molecule has 8 aromatic rings. The van der Waals surface area contributed by atoms with Gasteiger partial charge in [-0.2, -0.15) is 15.8 Å². The van der Waals surface area contributed by atoms with Gasteiger partial charge in [-0.1, -0.05) is 60.7 Å². The number of para-hydroxylation sites is 2. The van der Waals surface area contributed by atoms with Gasteiger partial charge in [0, 0.05) is 32.7 Å². The van der Waals surface area contributed by atoms with E-state index in [2.05, 4.69) is 18.2 Å². The molecule has 6 aromatic carbocycles. The molecular weight excluding hydrogens is 542 g/mol. The van der Waals surface area contributed by atoms with Crippen LogP contribution in [0.2, 0.25) is 0 Å². The molecule has 0 unspecified atom stereocenters. The number of nitrogens with zero attached hydrogens (tertiary/aromatic N) is 3. The van der Waals surface area contributed by atoms with Crippen LogP contribution in [0.5, 0.6) is 0 Å². The monoisotopic (exact) mass is 561 g/mol. The lowest BCUT2D eigenvalue weighted by Crippen LogP contribution is -1.94. The molecular formula is C39H19N3O2. The van der Waals surface area contributed by atoms with Crippen LogP contribution in [-0.4, -0.2) is 0 Å². The summed E-state index contributed by atoms with van der Waals surface area (Å²) in [5.74, 6) is 0. The van der Waals surface area contributed by atoms with Crippen LogP contribution in [0.1, 0.15) is 16.7 Å². The lowest BCUT2D eigenvalue weighted by Gasteiger charge is -2.16. The van der Waals surface area contributed by atoms with Crippen LogP contribution in [0.25, 0.3) is 77.3 Å². The van der Waals surface area contributed by atoms with Gasteiger partial charge in [0.15, 0.2) is 0 Å².